The zero-order valence-electron chi connectivity index (χ0n) is 10.7. The lowest BCUT2D eigenvalue weighted by Crippen LogP contribution is -2.30. The summed E-state index contributed by atoms with van der Waals surface area (Å²) >= 11 is 3.28. The molecule has 0 aliphatic carbocycles. The molecule has 1 heterocycles. The molecule has 0 unspecified atom stereocenters. The second kappa shape index (κ2) is 6.36. The Labute approximate surface area is 128 Å². The van der Waals surface area contributed by atoms with E-state index in [-0.39, 0.29) is 5.56 Å². The minimum Gasteiger partial charge on any atom is -0.480 e. The molecule has 0 spiro atoms. The first-order chi connectivity index (χ1) is 9.97. The van der Waals surface area contributed by atoms with E-state index in [0.29, 0.717) is 5.69 Å². The number of rotatable bonds is 4. The molecular formula is C14H11BrN2O4. The summed E-state index contributed by atoms with van der Waals surface area (Å²) in [5, 5.41) is 11.3. The van der Waals surface area contributed by atoms with Crippen LogP contribution in [-0.2, 0) is 11.3 Å². The molecule has 2 N–H and O–H groups in total. The number of aromatic nitrogens is 1. The number of hydrogen-bond donors (Lipinski definition) is 2. The van der Waals surface area contributed by atoms with Gasteiger partial charge in [0.1, 0.15) is 12.1 Å². The van der Waals surface area contributed by atoms with Gasteiger partial charge in [-0.1, -0.05) is 22.0 Å². The van der Waals surface area contributed by atoms with Crippen LogP contribution in [0.2, 0.25) is 0 Å². The topological polar surface area (TPSA) is 88.4 Å². The van der Waals surface area contributed by atoms with Crippen LogP contribution >= 0.6 is 15.9 Å². The van der Waals surface area contributed by atoms with Gasteiger partial charge in [-0.25, -0.2) is 0 Å². The van der Waals surface area contributed by atoms with E-state index in [4.69, 9.17) is 5.11 Å². The van der Waals surface area contributed by atoms with Gasteiger partial charge in [0.25, 0.3) is 11.5 Å². The van der Waals surface area contributed by atoms with Crippen LogP contribution in [0.25, 0.3) is 0 Å². The van der Waals surface area contributed by atoms with E-state index >= 15 is 0 Å². The van der Waals surface area contributed by atoms with Gasteiger partial charge in [-0.05, 0) is 30.3 Å². The summed E-state index contributed by atoms with van der Waals surface area (Å²) in [4.78, 5) is 34.8. The normalized spacial score (nSPS) is 10.1. The molecule has 0 radical (unpaired) electrons. The Kier molecular flexibility index (Phi) is 4.54. The Bertz CT molecular complexity index is 755. The second-order valence-electron chi connectivity index (χ2n) is 4.21. The van der Waals surface area contributed by atoms with Crippen LogP contribution in [0.15, 0.2) is 51.9 Å². The minimum atomic E-state index is -1.15. The van der Waals surface area contributed by atoms with E-state index in [1.54, 1.807) is 24.3 Å². The minimum absolute atomic E-state index is 0.112. The van der Waals surface area contributed by atoms with Gasteiger partial charge in [-0.3, -0.25) is 14.4 Å². The van der Waals surface area contributed by atoms with E-state index in [2.05, 4.69) is 21.2 Å². The molecule has 2 aromatic rings. The lowest BCUT2D eigenvalue weighted by atomic mass is 10.2. The number of carbonyl (C=O) groups is 2. The van der Waals surface area contributed by atoms with Crippen molar-refractivity contribution in [3.05, 3.63) is 63.0 Å². The summed E-state index contributed by atoms with van der Waals surface area (Å²) in [6.45, 7) is -0.489. The van der Waals surface area contributed by atoms with Gasteiger partial charge >= 0.3 is 5.97 Å². The molecule has 0 bridgehead atoms. The number of carboxylic acid groups (broad SMARTS) is 1. The molecule has 0 atom stereocenters. The van der Waals surface area contributed by atoms with Crippen molar-refractivity contribution >= 4 is 33.5 Å². The number of carbonyl (C=O) groups excluding carboxylic acids is 1. The number of nitrogens with zero attached hydrogens (tertiary/aromatic N) is 1. The van der Waals surface area contributed by atoms with Crippen LogP contribution in [0, 0.1) is 0 Å². The molecule has 2 rings (SSSR count). The number of amides is 1. The van der Waals surface area contributed by atoms with Gasteiger partial charge in [0, 0.05) is 16.4 Å². The SMILES string of the molecule is O=C(O)Cn1cccc(C(=O)Nc2cccc(Br)c2)c1=O. The highest BCUT2D eigenvalue weighted by Crippen LogP contribution is 2.16. The molecule has 0 aliphatic rings. The zero-order chi connectivity index (χ0) is 15.4. The molecule has 108 valence electrons. The van der Waals surface area contributed by atoms with Crippen molar-refractivity contribution in [2.75, 3.05) is 5.32 Å². The van der Waals surface area contributed by atoms with Crippen LogP contribution in [0.3, 0.4) is 0 Å². The van der Waals surface area contributed by atoms with Crippen molar-refractivity contribution in [3.63, 3.8) is 0 Å². The molecule has 0 fully saturated rings. The number of carboxylic acids is 1. The summed E-state index contributed by atoms with van der Waals surface area (Å²) in [6, 6.07) is 9.73. The third-order valence-electron chi connectivity index (χ3n) is 2.65. The highest BCUT2D eigenvalue weighted by atomic mass is 79.9. The van der Waals surface area contributed by atoms with Crippen LogP contribution < -0.4 is 10.9 Å². The molecule has 6 nitrogen and oxygen atoms in total. The highest BCUT2D eigenvalue weighted by Gasteiger charge is 2.13. The third-order valence-corrected chi connectivity index (χ3v) is 3.15. The highest BCUT2D eigenvalue weighted by molar-refractivity contribution is 9.10. The molecule has 0 saturated carbocycles. The number of aliphatic carboxylic acids is 1. The Morgan fingerprint density at radius 2 is 2.00 bits per heavy atom. The van der Waals surface area contributed by atoms with Gasteiger partial charge in [-0.15, -0.1) is 0 Å². The van der Waals surface area contributed by atoms with Crippen LogP contribution in [0.4, 0.5) is 5.69 Å². The van der Waals surface area contributed by atoms with Crippen molar-refractivity contribution in [3.8, 4) is 0 Å². The Morgan fingerprint density at radius 3 is 2.67 bits per heavy atom. The number of anilines is 1. The fraction of sp³-hybridized carbons (Fsp3) is 0.0714. The van der Waals surface area contributed by atoms with E-state index in [0.717, 1.165) is 9.04 Å². The zero-order valence-corrected chi connectivity index (χ0v) is 12.3. The largest absolute Gasteiger partial charge is 0.480 e. The summed E-state index contributed by atoms with van der Waals surface area (Å²) < 4.78 is 1.76. The predicted octanol–water partition coefficient (Wildman–Crippen LogP) is 1.95. The average Bonchev–Trinajstić information content (AvgIpc) is 2.40. The van der Waals surface area contributed by atoms with E-state index in [9.17, 15) is 14.4 Å². The molecule has 21 heavy (non-hydrogen) atoms. The standard InChI is InChI=1S/C14H11BrN2O4/c15-9-3-1-4-10(7-9)16-13(20)11-5-2-6-17(14(11)21)8-12(18)19/h1-7H,8H2,(H,16,20)(H,18,19). The Balaban J connectivity index is 2.27. The summed E-state index contributed by atoms with van der Waals surface area (Å²) in [6.07, 6.45) is 1.33. The lowest BCUT2D eigenvalue weighted by molar-refractivity contribution is -0.137. The number of nitrogens with one attached hydrogen (secondary N) is 1. The Hall–Kier alpha value is -2.41. The predicted molar refractivity (Wildman–Crippen MR) is 80.4 cm³/mol. The summed E-state index contributed by atoms with van der Waals surface area (Å²) in [5.74, 6) is -1.74. The van der Waals surface area contributed by atoms with Gasteiger partial charge < -0.3 is 15.0 Å². The smallest absolute Gasteiger partial charge is 0.323 e. The van der Waals surface area contributed by atoms with Crippen molar-refractivity contribution < 1.29 is 14.7 Å². The third kappa shape index (κ3) is 3.79. The molecule has 1 aromatic carbocycles. The molecule has 7 heteroatoms. The maximum Gasteiger partial charge on any atom is 0.323 e. The average molecular weight is 351 g/mol. The van der Waals surface area contributed by atoms with Crippen molar-refractivity contribution in [1.29, 1.82) is 0 Å². The number of benzene rings is 1. The van der Waals surface area contributed by atoms with Gasteiger partial charge in [-0.2, -0.15) is 0 Å². The summed E-state index contributed by atoms with van der Waals surface area (Å²) in [7, 11) is 0. The van der Waals surface area contributed by atoms with Gasteiger partial charge in [0.2, 0.25) is 0 Å². The first-order valence-electron chi connectivity index (χ1n) is 5.95. The maximum atomic E-state index is 12.1. The van der Waals surface area contributed by atoms with E-state index in [1.807, 2.05) is 0 Å². The number of pyridine rings is 1. The summed E-state index contributed by atoms with van der Waals surface area (Å²) in [5.41, 5.74) is -0.228. The maximum absolute atomic E-state index is 12.1. The fourth-order valence-corrected chi connectivity index (χ4v) is 2.14. The van der Waals surface area contributed by atoms with Crippen molar-refractivity contribution in [2.24, 2.45) is 0 Å². The molecular weight excluding hydrogens is 340 g/mol. The first kappa shape index (κ1) is 15.0. The lowest BCUT2D eigenvalue weighted by Gasteiger charge is -2.07. The Morgan fingerprint density at radius 1 is 1.24 bits per heavy atom. The van der Waals surface area contributed by atoms with Crippen LogP contribution in [-0.4, -0.2) is 21.6 Å². The first-order valence-corrected chi connectivity index (χ1v) is 6.75. The van der Waals surface area contributed by atoms with E-state index in [1.165, 1.54) is 18.3 Å². The van der Waals surface area contributed by atoms with Gasteiger partial charge in [0.05, 0.1) is 0 Å². The molecule has 1 amide bonds. The second-order valence-corrected chi connectivity index (χ2v) is 5.13. The number of hydrogen-bond acceptors (Lipinski definition) is 3. The van der Waals surface area contributed by atoms with Crippen LogP contribution in [0.5, 0.6) is 0 Å². The van der Waals surface area contributed by atoms with Gasteiger partial charge in [0.15, 0.2) is 0 Å². The van der Waals surface area contributed by atoms with E-state index < -0.39 is 24.0 Å². The van der Waals surface area contributed by atoms with Crippen molar-refractivity contribution in [2.45, 2.75) is 6.54 Å². The van der Waals surface area contributed by atoms with Crippen LogP contribution in [0.1, 0.15) is 10.4 Å². The number of halogens is 1. The molecule has 0 saturated heterocycles. The fourth-order valence-electron chi connectivity index (χ4n) is 1.74. The quantitative estimate of drug-likeness (QED) is 0.881. The molecule has 1 aromatic heterocycles. The molecule has 0 aliphatic heterocycles. The monoisotopic (exact) mass is 350 g/mol. The van der Waals surface area contributed by atoms with Crippen molar-refractivity contribution in [1.82, 2.24) is 4.57 Å².